The Morgan fingerprint density at radius 1 is 0.392 bits per heavy atom. The van der Waals surface area contributed by atoms with Crippen LogP contribution in [0.3, 0.4) is 0 Å². The van der Waals surface area contributed by atoms with Crippen LogP contribution >= 0.6 is 7.82 Å². The second-order valence-electron chi connectivity index (χ2n) is 20.2. The first-order valence-electron chi connectivity index (χ1n) is 31.3. The fourth-order valence-corrected chi connectivity index (χ4v) is 8.87. The lowest BCUT2D eigenvalue weighted by molar-refractivity contribution is -0.161. The van der Waals surface area contributed by atoms with Crippen molar-refractivity contribution in [1.82, 2.24) is 0 Å². The van der Waals surface area contributed by atoms with Gasteiger partial charge in [-0.2, -0.15) is 0 Å². The summed E-state index contributed by atoms with van der Waals surface area (Å²) in [6.45, 7) is 3.59. The largest absolute Gasteiger partial charge is 0.472 e. The molecular formula is C69H114NO8P. The van der Waals surface area contributed by atoms with E-state index in [1.54, 1.807) is 0 Å². The topological polar surface area (TPSA) is 134 Å². The van der Waals surface area contributed by atoms with Crippen molar-refractivity contribution in [2.45, 2.75) is 251 Å². The lowest BCUT2D eigenvalue weighted by atomic mass is 10.1. The molecule has 0 aliphatic carbocycles. The lowest BCUT2D eigenvalue weighted by Gasteiger charge is -2.19. The Hall–Kier alpha value is -4.11. The number of allylic oxidation sites excluding steroid dienone is 24. The Morgan fingerprint density at radius 3 is 1.04 bits per heavy atom. The van der Waals surface area contributed by atoms with Gasteiger partial charge in [0, 0.05) is 19.4 Å². The molecule has 0 radical (unpaired) electrons. The van der Waals surface area contributed by atoms with Gasteiger partial charge in [-0.15, -0.1) is 0 Å². The molecule has 448 valence electrons. The summed E-state index contributed by atoms with van der Waals surface area (Å²) < 4.78 is 33.1. The van der Waals surface area contributed by atoms with Crippen LogP contribution in [-0.2, 0) is 32.7 Å². The highest BCUT2D eigenvalue weighted by Gasteiger charge is 2.26. The van der Waals surface area contributed by atoms with E-state index in [4.69, 9.17) is 24.3 Å². The number of ether oxygens (including phenoxy) is 2. The highest BCUT2D eigenvalue weighted by molar-refractivity contribution is 7.47. The van der Waals surface area contributed by atoms with E-state index in [9.17, 15) is 19.0 Å². The molecule has 9 nitrogen and oxygen atoms in total. The van der Waals surface area contributed by atoms with E-state index in [0.717, 1.165) is 141 Å². The summed E-state index contributed by atoms with van der Waals surface area (Å²) in [4.78, 5) is 35.2. The predicted molar refractivity (Wildman–Crippen MR) is 339 cm³/mol. The molecule has 2 unspecified atom stereocenters. The molecule has 3 N–H and O–H groups in total. The molecule has 0 fully saturated rings. The molecule has 79 heavy (non-hydrogen) atoms. The normalized spacial score (nSPS) is 14.0. The second kappa shape index (κ2) is 63.1. The van der Waals surface area contributed by atoms with Gasteiger partial charge in [-0.05, 0) is 122 Å². The van der Waals surface area contributed by atoms with Crippen molar-refractivity contribution in [3.05, 3.63) is 146 Å². The Kier molecular flexibility index (Phi) is 59.8. The third-order valence-electron chi connectivity index (χ3n) is 12.7. The van der Waals surface area contributed by atoms with Crippen molar-refractivity contribution in [3.63, 3.8) is 0 Å². The van der Waals surface area contributed by atoms with E-state index in [1.165, 1.54) is 70.6 Å². The fraction of sp³-hybridized carbons (Fsp3) is 0.623. The number of carbonyl (C=O) groups is 2. The monoisotopic (exact) mass is 1120 g/mol. The lowest BCUT2D eigenvalue weighted by Crippen LogP contribution is -2.29. The molecule has 2 atom stereocenters. The van der Waals surface area contributed by atoms with Crippen molar-refractivity contribution in [3.8, 4) is 0 Å². The molecule has 0 bridgehead atoms. The molecule has 0 amide bonds. The van der Waals surface area contributed by atoms with Gasteiger partial charge >= 0.3 is 19.8 Å². The highest BCUT2D eigenvalue weighted by Crippen LogP contribution is 2.43. The molecule has 0 saturated heterocycles. The van der Waals surface area contributed by atoms with Gasteiger partial charge in [0.25, 0.3) is 0 Å². The van der Waals surface area contributed by atoms with Crippen LogP contribution in [0.15, 0.2) is 146 Å². The summed E-state index contributed by atoms with van der Waals surface area (Å²) in [5.41, 5.74) is 5.39. The third kappa shape index (κ3) is 62.9. The van der Waals surface area contributed by atoms with Gasteiger partial charge in [0.15, 0.2) is 6.10 Å². The van der Waals surface area contributed by atoms with Crippen LogP contribution in [0.1, 0.15) is 245 Å². The van der Waals surface area contributed by atoms with E-state index >= 15 is 0 Å². The number of nitrogens with two attached hydrogens (primary N) is 1. The van der Waals surface area contributed by atoms with Gasteiger partial charge in [-0.1, -0.05) is 256 Å². The highest BCUT2D eigenvalue weighted by atomic mass is 31.2. The summed E-state index contributed by atoms with van der Waals surface area (Å²) in [5.74, 6) is -0.857. The fourth-order valence-electron chi connectivity index (χ4n) is 8.11. The number of hydrogen-bond donors (Lipinski definition) is 2. The molecule has 0 aliphatic rings. The minimum Gasteiger partial charge on any atom is -0.462 e. The molecule has 0 rings (SSSR count). The van der Waals surface area contributed by atoms with Crippen molar-refractivity contribution in [2.24, 2.45) is 5.73 Å². The standard InChI is InChI=1S/C69H114NO8P/c1-3-5-7-9-11-13-15-17-19-21-23-25-26-27-28-29-30-31-32-33-34-35-36-37-38-39-40-42-44-46-48-50-52-54-56-58-60-62-69(72)78-67(66-77-79(73,74)76-64-63-70)65-75-68(71)61-59-57-55-53-51-49-47-45-43-41-24-22-20-18-16-14-12-10-8-6-4-2/h5,7,11,13,16-19,22-25,27-28,30-31,33-34,36-37,39-40,44,46,67H,3-4,6,8-10,12,14-15,20-21,26,29,32,35,38,41-43,45,47-66,70H2,1-2H3,(H,73,74)/b7-5-,13-11-,18-16-,19-17-,24-22-,25-23-,28-27-,31-30-,34-33-,37-36-,40-39-,46-44-. The SMILES string of the molecule is CC/C=C\C/C=C\C/C=C\C/C=C\C/C=C\C/C=C\C/C=C\C/C=C\C/C=C\C/C=C\CCCCCCCCC(=O)OC(COC(=O)CCCCCCCCCCC/C=C\C/C=C\CCCCCCC)COP(=O)(O)OCCN. The maximum atomic E-state index is 12.7. The number of phosphoric ester groups is 1. The smallest absolute Gasteiger partial charge is 0.462 e. The minimum atomic E-state index is -4.41. The number of carbonyl (C=O) groups excluding carboxylic acids is 2. The van der Waals surface area contributed by atoms with Crippen molar-refractivity contribution >= 4 is 19.8 Å². The van der Waals surface area contributed by atoms with E-state index in [-0.39, 0.29) is 32.6 Å². The Bertz CT molecular complexity index is 1800. The average molecular weight is 1120 g/mol. The molecule has 0 aromatic rings. The summed E-state index contributed by atoms with van der Waals surface area (Å²) >= 11 is 0. The van der Waals surface area contributed by atoms with Gasteiger partial charge in [0.05, 0.1) is 13.2 Å². The van der Waals surface area contributed by atoms with Crippen LogP contribution in [0.4, 0.5) is 0 Å². The molecule has 0 spiro atoms. The third-order valence-corrected chi connectivity index (χ3v) is 13.7. The zero-order chi connectivity index (χ0) is 57.3. The molecule has 0 saturated carbocycles. The van der Waals surface area contributed by atoms with Crippen molar-refractivity contribution < 1.29 is 37.6 Å². The molecule has 0 aromatic carbocycles. The number of esters is 2. The minimum absolute atomic E-state index is 0.0428. The Balaban J connectivity index is 4.05. The van der Waals surface area contributed by atoms with Gasteiger partial charge < -0.3 is 20.1 Å². The van der Waals surface area contributed by atoms with E-state index in [0.29, 0.717) is 6.42 Å². The van der Waals surface area contributed by atoms with Gasteiger partial charge in [0.1, 0.15) is 6.61 Å². The number of rotatable bonds is 57. The van der Waals surface area contributed by atoms with Crippen LogP contribution in [0, 0.1) is 0 Å². The number of hydrogen-bond acceptors (Lipinski definition) is 8. The maximum absolute atomic E-state index is 12.7. The van der Waals surface area contributed by atoms with Crippen LogP contribution in [-0.4, -0.2) is 49.3 Å². The zero-order valence-electron chi connectivity index (χ0n) is 50.0. The summed E-state index contributed by atoms with van der Waals surface area (Å²) in [5, 5.41) is 0. The van der Waals surface area contributed by atoms with Gasteiger partial charge in [0.2, 0.25) is 0 Å². The van der Waals surface area contributed by atoms with E-state index in [1.807, 2.05) is 0 Å². The van der Waals surface area contributed by atoms with Crippen molar-refractivity contribution in [2.75, 3.05) is 26.4 Å². The first kappa shape index (κ1) is 74.9. The van der Waals surface area contributed by atoms with E-state index in [2.05, 4.69) is 160 Å². The molecule has 0 aromatic heterocycles. The molecular weight excluding hydrogens is 1000 g/mol. The number of unbranched alkanes of at least 4 members (excludes halogenated alkanes) is 20. The van der Waals surface area contributed by atoms with Gasteiger partial charge in [-0.3, -0.25) is 18.6 Å². The van der Waals surface area contributed by atoms with Crippen LogP contribution in [0.25, 0.3) is 0 Å². The maximum Gasteiger partial charge on any atom is 0.472 e. The van der Waals surface area contributed by atoms with Gasteiger partial charge in [-0.25, -0.2) is 4.57 Å². The Labute approximate surface area is 484 Å². The first-order chi connectivity index (χ1) is 38.8. The van der Waals surface area contributed by atoms with Crippen LogP contribution in [0.5, 0.6) is 0 Å². The predicted octanol–water partition coefficient (Wildman–Crippen LogP) is 20.3. The van der Waals surface area contributed by atoms with E-state index < -0.39 is 32.5 Å². The summed E-state index contributed by atoms with van der Waals surface area (Å²) in [6.07, 6.45) is 90.5. The second-order valence-corrected chi connectivity index (χ2v) is 21.6. The number of phosphoric acid groups is 1. The zero-order valence-corrected chi connectivity index (χ0v) is 50.9. The Morgan fingerprint density at radius 2 is 0.696 bits per heavy atom. The van der Waals surface area contributed by atoms with Crippen LogP contribution < -0.4 is 5.73 Å². The molecule has 0 aliphatic heterocycles. The first-order valence-corrected chi connectivity index (χ1v) is 32.8. The summed E-state index contributed by atoms with van der Waals surface area (Å²) in [7, 11) is -4.41. The molecule has 0 heterocycles. The van der Waals surface area contributed by atoms with Crippen LogP contribution in [0.2, 0.25) is 0 Å². The van der Waals surface area contributed by atoms with Crippen molar-refractivity contribution in [1.29, 1.82) is 0 Å². The quantitative estimate of drug-likeness (QED) is 0.0264. The summed E-state index contributed by atoms with van der Waals surface area (Å²) in [6, 6.07) is 0. The average Bonchev–Trinajstić information content (AvgIpc) is 3.44. The molecule has 10 heteroatoms.